The molecular weight excluding hydrogens is 238 g/mol. The van der Waals surface area contributed by atoms with Crippen molar-refractivity contribution in [3.63, 3.8) is 0 Å². The van der Waals surface area contributed by atoms with Crippen LogP contribution in [0.2, 0.25) is 0 Å². The summed E-state index contributed by atoms with van der Waals surface area (Å²) in [6.07, 6.45) is 3.55. The maximum Gasteiger partial charge on any atom is 0.222 e. The minimum absolute atomic E-state index is 0.630. The summed E-state index contributed by atoms with van der Waals surface area (Å²) in [5, 5.41) is 3.28. The van der Waals surface area contributed by atoms with E-state index in [2.05, 4.69) is 28.3 Å². The van der Waals surface area contributed by atoms with E-state index in [1.165, 1.54) is 0 Å². The van der Waals surface area contributed by atoms with Gasteiger partial charge in [-0.2, -0.15) is 0 Å². The van der Waals surface area contributed by atoms with E-state index in [0.29, 0.717) is 11.6 Å². The van der Waals surface area contributed by atoms with E-state index >= 15 is 0 Å². The molecule has 1 N–H and O–H groups in total. The number of ether oxygens (including phenoxy) is 1. The van der Waals surface area contributed by atoms with Gasteiger partial charge in [0.1, 0.15) is 5.75 Å². The number of pyridine rings is 2. The first-order valence-electron chi connectivity index (χ1n) is 6.46. The summed E-state index contributed by atoms with van der Waals surface area (Å²) in [6, 6.07) is 5.91. The molecule has 0 aromatic carbocycles. The average Bonchev–Trinajstić information content (AvgIpc) is 2.41. The standard InChI is InChI=1S/C15H19N3O/c1-4-16-8-13-7-11(2)15(18-9-13)19-14-6-5-12(3)17-10-14/h5-7,9-10,16H,4,8H2,1-3H3. The molecule has 0 aliphatic heterocycles. The largest absolute Gasteiger partial charge is 0.437 e. The molecular formula is C15H19N3O. The fourth-order valence-corrected chi connectivity index (χ4v) is 1.72. The van der Waals surface area contributed by atoms with Gasteiger partial charge < -0.3 is 10.1 Å². The smallest absolute Gasteiger partial charge is 0.222 e. The summed E-state index contributed by atoms with van der Waals surface area (Å²) < 4.78 is 5.73. The van der Waals surface area contributed by atoms with Crippen molar-refractivity contribution in [2.45, 2.75) is 27.3 Å². The van der Waals surface area contributed by atoms with E-state index in [4.69, 9.17) is 4.74 Å². The molecule has 0 aliphatic carbocycles. The summed E-state index contributed by atoms with van der Waals surface area (Å²) in [5.41, 5.74) is 3.16. The number of nitrogens with one attached hydrogen (secondary N) is 1. The highest BCUT2D eigenvalue weighted by Gasteiger charge is 2.04. The van der Waals surface area contributed by atoms with Crippen molar-refractivity contribution in [2.75, 3.05) is 6.54 Å². The van der Waals surface area contributed by atoms with Crippen molar-refractivity contribution in [1.29, 1.82) is 0 Å². The Labute approximate surface area is 113 Å². The highest BCUT2D eigenvalue weighted by Crippen LogP contribution is 2.22. The Morgan fingerprint density at radius 1 is 1.16 bits per heavy atom. The Balaban J connectivity index is 2.10. The molecule has 0 aliphatic rings. The third kappa shape index (κ3) is 3.76. The van der Waals surface area contributed by atoms with Gasteiger partial charge in [-0.25, -0.2) is 4.98 Å². The fraction of sp³-hybridized carbons (Fsp3) is 0.333. The zero-order valence-corrected chi connectivity index (χ0v) is 11.6. The van der Waals surface area contributed by atoms with E-state index < -0.39 is 0 Å². The number of hydrogen-bond donors (Lipinski definition) is 1. The lowest BCUT2D eigenvalue weighted by atomic mass is 10.2. The molecule has 4 nitrogen and oxygen atoms in total. The normalized spacial score (nSPS) is 10.5. The van der Waals surface area contributed by atoms with Gasteiger partial charge in [0, 0.05) is 24.0 Å². The first-order valence-corrected chi connectivity index (χ1v) is 6.46. The lowest BCUT2D eigenvalue weighted by Gasteiger charge is -2.09. The minimum Gasteiger partial charge on any atom is -0.437 e. The van der Waals surface area contributed by atoms with Gasteiger partial charge in [0.2, 0.25) is 5.88 Å². The van der Waals surface area contributed by atoms with Crippen molar-refractivity contribution < 1.29 is 4.74 Å². The number of rotatable bonds is 5. The molecule has 0 fully saturated rings. The van der Waals surface area contributed by atoms with Crippen molar-refractivity contribution in [2.24, 2.45) is 0 Å². The van der Waals surface area contributed by atoms with Gasteiger partial charge in [0.25, 0.3) is 0 Å². The average molecular weight is 257 g/mol. The molecule has 0 spiro atoms. The van der Waals surface area contributed by atoms with Gasteiger partial charge in [-0.1, -0.05) is 6.92 Å². The molecule has 100 valence electrons. The molecule has 4 heteroatoms. The second-order valence-electron chi connectivity index (χ2n) is 4.48. The van der Waals surface area contributed by atoms with Gasteiger partial charge in [0.05, 0.1) is 6.20 Å². The third-order valence-electron chi connectivity index (χ3n) is 2.76. The first kappa shape index (κ1) is 13.5. The lowest BCUT2D eigenvalue weighted by molar-refractivity contribution is 0.456. The molecule has 0 saturated heterocycles. The Hall–Kier alpha value is -1.94. The fourth-order valence-electron chi connectivity index (χ4n) is 1.72. The van der Waals surface area contributed by atoms with Crippen molar-refractivity contribution in [1.82, 2.24) is 15.3 Å². The van der Waals surface area contributed by atoms with Crippen molar-refractivity contribution >= 4 is 0 Å². The number of aromatic nitrogens is 2. The number of nitrogens with zero attached hydrogens (tertiary/aromatic N) is 2. The summed E-state index contributed by atoms with van der Waals surface area (Å²) in [7, 11) is 0. The van der Waals surface area contributed by atoms with Crippen LogP contribution in [0.5, 0.6) is 11.6 Å². The van der Waals surface area contributed by atoms with Crippen LogP contribution in [-0.4, -0.2) is 16.5 Å². The molecule has 2 heterocycles. The van der Waals surface area contributed by atoms with E-state index in [1.807, 2.05) is 32.2 Å². The number of hydrogen-bond acceptors (Lipinski definition) is 4. The molecule has 2 aromatic rings. The van der Waals surface area contributed by atoms with E-state index in [9.17, 15) is 0 Å². The molecule has 0 saturated carbocycles. The lowest BCUT2D eigenvalue weighted by Crippen LogP contribution is -2.12. The second-order valence-corrected chi connectivity index (χ2v) is 4.48. The molecule has 0 amide bonds. The summed E-state index contributed by atoms with van der Waals surface area (Å²) in [4.78, 5) is 8.56. The molecule has 0 radical (unpaired) electrons. The highest BCUT2D eigenvalue weighted by atomic mass is 16.5. The zero-order chi connectivity index (χ0) is 13.7. The van der Waals surface area contributed by atoms with Crippen LogP contribution in [0.1, 0.15) is 23.7 Å². The summed E-state index contributed by atoms with van der Waals surface area (Å²) >= 11 is 0. The van der Waals surface area contributed by atoms with Crippen LogP contribution >= 0.6 is 0 Å². The van der Waals surface area contributed by atoms with Gasteiger partial charge in [-0.05, 0) is 44.2 Å². The van der Waals surface area contributed by atoms with Crippen LogP contribution in [0, 0.1) is 13.8 Å². The minimum atomic E-state index is 0.630. The van der Waals surface area contributed by atoms with Gasteiger partial charge in [-0.15, -0.1) is 0 Å². The van der Waals surface area contributed by atoms with Gasteiger partial charge >= 0.3 is 0 Å². The Kier molecular flexibility index (Phi) is 4.47. The zero-order valence-electron chi connectivity index (χ0n) is 11.6. The monoisotopic (exact) mass is 257 g/mol. The van der Waals surface area contributed by atoms with E-state index in [0.717, 1.165) is 29.9 Å². The summed E-state index contributed by atoms with van der Waals surface area (Å²) in [5.74, 6) is 1.34. The van der Waals surface area contributed by atoms with E-state index in [1.54, 1.807) is 6.20 Å². The topological polar surface area (TPSA) is 47.0 Å². The predicted octanol–water partition coefficient (Wildman–Crippen LogP) is 3.00. The predicted molar refractivity (Wildman–Crippen MR) is 75.4 cm³/mol. The molecule has 2 aromatic heterocycles. The third-order valence-corrected chi connectivity index (χ3v) is 2.76. The van der Waals surface area contributed by atoms with Crippen LogP contribution < -0.4 is 10.1 Å². The summed E-state index contributed by atoms with van der Waals surface area (Å²) in [6.45, 7) is 7.81. The number of aryl methyl sites for hydroxylation is 2. The Morgan fingerprint density at radius 3 is 2.63 bits per heavy atom. The van der Waals surface area contributed by atoms with E-state index in [-0.39, 0.29) is 0 Å². The first-order chi connectivity index (χ1) is 9.19. The molecule has 19 heavy (non-hydrogen) atoms. The van der Waals surface area contributed by atoms with Crippen LogP contribution in [0.25, 0.3) is 0 Å². The SMILES string of the molecule is CCNCc1cnc(Oc2ccc(C)nc2)c(C)c1. The quantitative estimate of drug-likeness (QED) is 0.894. The van der Waals surface area contributed by atoms with Gasteiger partial charge in [-0.3, -0.25) is 4.98 Å². The van der Waals surface area contributed by atoms with Crippen molar-refractivity contribution in [3.05, 3.63) is 47.4 Å². The maximum absolute atomic E-state index is 5.73. The molecule has 2 rings (SSSR count). The maximum atomic E-state index is 5.73. The second kappa shape index (κ2) is 6.29. The highest BCUT2D eigenvalue weighted by molar-refractivity contribution is 5.32. The molecule has 0 unspecified atom stereocenters. The molecule has 0 atom stereocenters. The molecule has 0 bridgehead atoms. The Morgan fingerprint density at radius 2 is 2.00 bits per heavy atom. The van der Waals surface area contributed by atoms with Gasteiger partial charge in [0.15, 0.2) is 0 Å². The Bertz CT molecular complexity index is 538. The van der Waals surface area contributed by atoms with Crippen LogP contribution in [0.15, 0.2) is 30.6 Å². The van der Waals surface area contributed by atoms with Crippen molar-refractivity contribution in [3.8, 4) is 11.6 Å². The van der Waals surface area contributed by atoms with Crippen LogP contribution in [0.4, 0.5) is 0 Å². The van der Waals surface area contributed by atoms with Crippen LogP contribution in [-0.2, 0) is 6.54 Å². The van der Waals surface area contributed by atoms with Crippen LogP contribution in [0.3, 0.4) is 0 Å².